The number of halogens is 1. The standard InChI is InChI=1S/C22H22ClN3OS/c1-2-27-19-11-5-16(6-12-19)21-20-4-3-13-25(20)14-15-26(21)22(28)24-18-9-7-17(23)8-10-18/h3-13,21H,2,14-15H2,1H3,(H,24,28)/t21-/m1/s1. The van der Waals surface area contributed by atoms with Crippen LogP contribution in [0.2, 0.25) is 5.02 Å². The number of hydrogen-bond donors (Lipinski definition) is 1. The molecule has 0 unspecified atom stereocenters. The molecule has 1 atom stereocenters. The number of anilines is 1. The average Bonchev–Trinajstić information content (AvgIpc) is 3.19. The summed E-state index contributed by atoms with van der Waals surface area (Å²) < 4.78 is 7.89. The molecule has 28 heavy (non-hydrogen) atoms. The van der Waals surface area contributed by atoms with E-state index in [2.05, 4.69) is 45.2 Å². The number of thiocarbonyl (C=S) groups is 1. The van der Waals surface area contributed by atoms with E-state index in [4.69, 9.17) is 28.6 Å². The van der Waals surface area contributed by atoms with Crippen molar-refractivity contribution in [2.24, 2.45) is 0 Å². The van der Waals surface area contributed by atoms with Crippen molar-refractivity contribution in [2.75, 3.05) is 18.5 Å². The largest absolute Gasteiger partial charge is 0.494 e. The maximum Gasteiger partial charge on any atom is 0.174 e. The van der Waals surface area contributed by atoms with Crippen LogP contribution in [-0.4, -0.2) is 27.7 Å². The molecule has 0 saturated heterocycles. The van der Waals surface area contributed by atoms with Crippen molar-refractivity contribution in [3.63, 3.8) is 0 Å². The van der Waals surface area contributed by atoms with Gasteiger partial charge in [-0.15, -0.1) is 0 Å². The molecule has 4 rings (SSSR count). The van der Waals surface area contributed by atoms with E-state index in [0.717, 1.165) is 24.5 Å². The van der Waals surface area contributed by atoms with Crippen LogP contribution >= 0.6 is 23.8 Å². The van der Waals surface area contributed by atoms with Gasteiger partial charge >= 0.3 is 0 Å². The van der Waals surface area contributed by atoms with E-state index in [1.54, 1.807) is 0 Å². The van der Waals surface area contributed by atoms with Crippen LogP contribution in [0.25, 0.3) is 0 Å². The number of benzene rings is 2. The molecular weight excluding hydrogens is 390 g/mol. The Balaban J connectivity index is 1.63. The Morgan fingerprint density at radius 1 is 1.11 bits per heavy atom. The third-order valence-corrected chi connectivity index (χ3v) is 5.49. The predicted octanol–water partition coefficient (Wildman–Crippen LogP) is 5.34. The highest BCUT2D eigenvalue weighted by Crippen LogP contribution is 2.34. The van der Waals surface area contributed by atoms with Gasteiger partial charge in [-0.25, -0.2) is 0 Å². The van der Waals surface area contributed by atoms with E-state index >= 15 is 0 Å². The lowest BCUT2D eigenvalue weighted by Crippen LogP contribution is -2.44. The van der Waals surface area contributed by atoms with Gasteiger partial charge < -0.3 is 19.5 Å². The van der Waals surface area contributed by atoms with Crippen molar-refractivity contribution in [1.29, 1.82) is 0 Å². The van der Waals surface area contributed by atoms with E-state index in [1.807, 2.05) is 43.3 Å². The lowest BCUT2D eigenvalue weighted by molar-refractivity contribution is 0.293. The third kappa shape index (κ3) is 3.86. The molecule has 2 aromatic carbocycles. The number of hydrogen-bond acceptors (Lipinski definition) is 2. The first-order chi connectivity index (χ1) is 13.7. The molecule has 0 bridgehead atoms. The molecule has 0 saturated carbocycles. The summed E-state index contributed by atoms with van der Waals surface area (Å²) in [5, 5.41) is 4.77. The first-order valence-corrected chi connectivity index (χ1v) is 10.2. The van der Waals surface area contributed by atoms with Gasteiger partial charge in [0, 0.05) is 35.7 Å². The van der Waals surface area contributed by atoms with Crippen LogP contribution in [0.4, 0.5) is 5.69 Å². The Labute approximate surface area is 175 Å². The van der Waals surface area contributed by atoms with Crippen LogP contribution in [0.1, 0.15) is 24.2 Å². The second-order valence-corrected chi connectivity index (χ2v) is 7.48. The van der Waals surface area contributed by atoms with Crippen molar-refractivity contribution in [1.82, 2.24) is 9.47 Å². The quantitative estimate of drug-likeness (QED) is 0.586. The van der Waals surface area contributed by atoms with E-state index < -0.39 is 0 Å². The summed E-state index contributed by atoms with van der Waals surface area (Å²) in [6.45, 7) is 4.38. The van der Waals surface area contributed by atoms with Crippen LogP contribution in [0.15, 0.2) is 66.9 Å². The Kier molecular flexibility index (Phi) is 5.55. The minimum atomic E-state index is 0.0479. The normalized spacial score (nSPS) is 15.8. The lowest BCUT2D eigenvalue weighted by atomic mass is 10.00. The molecule has 0 fully saturated rings. The number of fused-ring (bicyclic) bond motifs is 1. The summed E-state index contributed by atoms with van der Waals surface area (Å²) in [5.74, 6) is 0.880. The maximum atomic E-state index is 5.99. The van der Waals surface area contributed by atoms with Crippen LogP contribution in [0.5, 0.6) is 5.75 Å². The molecule has 6 heteroatoms. The van der Waals surface area contributed by atoms with Gasteiger partial charge in [0.15, 0.2) is 5.11 Å². The fourth-order valence-electron chi connectivity index (χ4n) is 3.59. The molecule has 1 aliphatic rings. The van der Waals surface area contributed by atoms with Crippen molar-refractivity contribution in [3.8, 4) is 5.75 Å². The molecule has 0 amide bonds. The number of rotatable bonds is 4. The van der Waals surface area contributed by atoms with Crippen molar-refractivity contribution in [2.45, 2.75) is 19.5 Å². The van der Waals surface area contributed by atoms with Crippen LogP contribution in [-0.2, 0) is 6.54 Å². The number of nitrogens with one attached hydrogen (secondary N) is 1. The smallest absolute Gasteiger partial charge is 0.174 e. The monoisotopic (exact) mass is 411 g/mol. The minimum Gasteiger partial charge on any atom is -0.494 e. The van der Waals surface area contributed by atoms with Crippen LogP contribution < -0.4 is 10.1 Å². The fraction of sp³-hybridized carbons (Fsp3) is 0.227. The first kappa shape index (κ1) is 18.8. The molecule has 0 aliphatic carbocycles. The third-order valence-electron chi connectivity index (χ3n) is 4.90. The van der Waals surface area contributed by atoms with Gasteiger partial charge in [0.2, 0.25) is 0 Å². The molecule has 0 radical (unpaired) electrons. The highest BCUT2D eigenvalue weighted by molar-refractivity contribution is 7.80. The second-order valence-electron chi connectivity index (χ2n) is 6.66. The molecule has 4 nitrogen and oxygen atoms in total. The van der Waals surface area contributed by atoms with Crippen LogP contribution in [0, 0.1) is 0 Å². The van der Waals surface area contributed by atoms with E-state index in [1.165, 1.54) is 11.3 Å². The Morgan fingerprint density at radius 3 is 2.57 bits per heavy atom. The van der Waals surface area contributed by atoms with E-state index in [-0.39, 0.29) is 6.04 Å². The summed E-state index contributed by atoms with van der Waals surface area (Å²) >= 11 is 11.8. The zero-order valence-corrected chi connectivity index (χ0v) is 17.2. The molecule has 3 aromatic rings. The van der Waals surface area contributed by atoms with E-state index in [0.29, 0.717) is 16.7 Å². The van der Waals surface area contributed by atoms with Gasteiger partial charge in [-0.05, 0) is 73.2 Å². The van der Waals surface area contributed by atoms with Crippen molar-refractivity contribution >= 4 is 34.6 Å². The van der Waals surface area contributed by atoms with Gasteiger partial charge in [0.05, 0.1) is 12.6 Å². The molecular formula is C22H22ClN3OS. The summed E-state index contributed by atoms with van der Waals surface area (Å²) in [7, 11) is 0. The van der Waals surface area contributed by atoms with Crippen LogP contribution in [0.3, 0.4) is 0 Å². The Hall–Kier alpha value is -2.50. The van der Waals surface area contributed by atoms with E-state index in [9.17, 15) is 0 Å². The average molecular weight is 412 g/mol. The summed E-state index contributed by atoms with van der Waals surface area (Å²) in [6, 6.07) is 20.2. The van der Waals surface area contributed by atoms with Gasteiger partial charge in [-0.3, -0.25) is 0 Å². The number of nitrogens with zero attached hydrogens (tertiary/aromatic N) is 2. The zero-order valence-electron chi connectivity index (χ0n) is 15.6. The van der Waals surface area contributed by atoms with Gasteiger partial charge in [0.1, 0.15) is 5.75 Å². The summed E-state index contributed by atoms with van der Waals surface area (Å²) in [4.78, 5) is 2.24. The minimum absolute atomic E-state index is 0.0479. The maximum absolute atomic E-state index is 5.99. The summed E-state index contributed by atoms with van der Waals surface area (Å²) in [5.41, 5.74) is 3.35. The van der Waals surface area contributed by atoms with Crippen molar-refractivity contribution < 1.29 is 4.74 Å². The molecule has 1 N–H and O–H groups in total. The highest BCUT2D eigenvalue weighted by Gasteiger charge is 2.30. The predicted molar refractivity (Wildman–Crippen MR) is 118 cm³/mol. The lowest BCUT2D eigenvalue weighted by Gasteiger charge is -2.39. The molecule has 1 aliphatic heterocycles. The fourth-order valence-corrected chi connectivity index (χ4v) is 4.03. The molecule has 1 aromatic heterocycles. The van der Waals surface area contributed by atoms with Gasteiger partial charge in [0.25, 0.3) is 0 Å². The highest BCUT2D eigenvalue weighted by atomic mass is 35.5. The van der Waals surface area contributed by atoms with Gasteiger partial charge in [-0.1, -0.05) is 23.7 Å². The molecule has 0 spiro atoms. The molecule has 144 valence electrons. The zero-order chi connectivity index (χ0) is 19.5. The van der Waals surface area contributed by atoms with Crippen molar-refractivity contribution in [3.05, 3.63) is 83.1 Å². The second kappa shape index (κ2) is 8.25. The number of aromatic nitrogens is 1. The first-order valence-electron chi connectivity index (χ1n) is 9.36. The van der Waals surface area contributed by atoms with Gasteiger partial charge in [-0.2, -0.15) is 0 Å². The SMILES string of the molecule is CCOc1ccc([C@@H]2c3cccn3CCN2C(=S)Nc2ccc(Cl)cc2)cc1. The molecule has 2 heterocycles. The Bertz CT molecular complexity index is 953. The number of ether oxygens (including phenoxy) is 1. The summed E-state index contributed by atoms with van der Waals surface area (Å²) in [6.07, 6.45) is 2.13. The Morgan fingerprint density at radius 2 is 1.86 bits per heavy atom. The topological polar surface area (TPSA) is 29.4 Å².